The molecule has 6 heteroatoms. The maximum Gasteiger partial charge on any atom is 0.250 e. The Kier molecular flexibility index (Phi) is 4.41. The first-order chi connectivity index (χ1) is 9.99. The molecule has 2 aliphatic rings. The summed E-state index contributed by atoms with van der Waals surface area (Å²) in [6, 6.07) is 1.79. The van der Waals surface area contributed by atoms with E-state index in [1.807, 2.05) is 14.0 Å². The highest BCUT2D eigenvalue weighted by atomic mass is 32.2. The molecule has 0 aliphatic heterocycles. The zero-order chi connectivity index (χ0) is 15.0. The van der Waals surface area contributed by atoms with Crippen LogP contribution in [0.15, 0.2) is 10.3 Å². The fourth-order valence-electron chi connectivity index (χ4n) is 3.87. The van der Waals surface area contributed by atoms with Gasteiger partial charge in [-0.15, -0.1) is 11.3 Å². The molecule has 0 spiro atoms. The van der Waals surface area contributed by atoms with E-state index in [-0.39, 0.29) is 0 Å². The summed E-state index contributed by atoms with van der Waals surface area (Å²) in [5.41, 5.74) is 1.05. The van der Waals surface area contributed by atoms with E-state index >= 15 is 0 Å². The average molecular weight is 329 g/mol. The maximum absolute atomic E-state index is 12.4. The van der Waals surface area contributed by atoms with Crippen molar-refractivity contribution in [2.75, 3.05) is 13.6 Å². The molecule has 2 aliphatic carbocycles. The largest absolute Gasteiger partial charge is 0.315 e. The van der Waals surface area contributed by atoms with Gasteiger partial charge < -0.3 is 5.32 Å². The number of fused-ring (bicyclic) bond motifs is 2. The third-order valence-corrected chi connectivity index (χ3v) is 8.15. The fraction of sp³-hybridized carbons (Fsp3) is 0.733. The molecule has 4 nitrogen and oxygen atoms in total. The predicted molar refractivity (Wildman–Crippen MR) is 85.9 cm³/mol. The van der Waals surface area contributed by atoms with E-state index in [4.69, 9.17) is 0 Å². The zero-order valence-corrected chi connectivity index (χ0v) is 14.3. The molecule has 3 unspecified atom stereocenters. The van der Waals surface area contributed by atoms with Gasteiger partial charge in [-0.1, -0.05) is 6.42 Å². The van der Waals surface area contributed by atoms with Crippen molar-refractivity contribution in [3.8, 4) is 0 Å². The van der Waals surface area contributed by atoms with Gasteiger partial charge >= 0.3 is 0 Å². The van der Waals surface area contributed by atoms with Crippen LogP contribution in [0.5, 0.6) is 0 Å². The Bertz CT molecular complexity index is 609. The summed E-state index contributed by atoms with van der Waals surface area (Å²) in [4.78, 5) is 1.10. The number of nitrogens with one attached hydrogen (secondary N) is 2. The molecule has 0 saturated heterocycles. The lowest BCUT2D eigenvalue weighted by molar-refractivity contribution is 0.333. The number of aryl methyl sites for hydroxylation is 1. The first-order valence-electron chi connectivity index (χ1n) is 7.73. The molecule has 21 heavy (non-hydrogen) atoms. The number of sulfonamides is 1. The Morgan fingerprint density at radius 1 is 1.33 bits per heavy atom. The van der Waals surface area contributed by atoms with Gasteiger partial charge in [-0.3, -0.25) is 0 Å². The highest BCUT2D eigenvalue weighted by molar-refractivity contribution is 7.91. The van der Waals surface area contributed by atoms with Crippen molar-refractivity contribution in [3.63, 3.8) is 0 Å². The van der Waals surface area contributed by atoms with Crippen LogP contribution < -0.4 is 10.0 Å². The Morgan fingerprint density at radius 2 is 2.14 bits per heavy atom. The first-order valence-corrected chi connectivity index (χ1v) is 10.0. The molecule has 1 aromatic rings. The summed E-state index contributed by atoms with van der Waals surface area (Å²) in [6.45, 7) is 3.30. The van der Waals surface area contributed by atoms with Crippen LogP contribution in [0.4, 0.5) is 0 Å². The van der Waals surface area contributed by atoms with Gasteiger partial charge in [0.1, 0.15) is 4.21 Å². The minimum Gasteiger partial charge on any atom is -0.315 e. The smallest absolute Gasteiger partial charge is 0.250 e. The average Bonchev–Trinajstić information content (AvgIpc) is 3.13. The van der Waals surface area contributed by atoms with E-state index in [2.05, 4.69) is 10.0 Å². The summed E-state index contributed by atoms with van der Waals surface area (Å²) >= 11 is 1.38. The van der Waals surface area contributed by atoms with Gasteiger partial charge in [0.25, 0.3) is 0 Å². The highest BCUT2D eigenvalue weighted by Crippen LogP contribution is 2.48. The van der Waals surface area contributed by atoms with E-state index in [0.29, 0.717) is 16.7 Å². The van der Waals surface area contributed by atoms with Crippen LogP contribution in [-0.4, -0.2) is 22.0 Å². The van der Waals surface area contributed by atoms with Crippen LogP contribution in [-0.2, 0) is 16.6 Å². The molecular weight excluding hydrogens is 304 g/mol. The molecule has 2 N–H and O–H groups in total. The Labute approximate surface area is 131 Å². The molecule has 2 saturated carbocycles. The number of thiophene rings is 1. The second-order valence-electron chi connectivity index (χ2n) is 6.49. The standard InChI is InChI=1S/C15H24N2O2S2/c1-10-5-15(20-14(10)9-16-2)21(18,19)17-8-13-7-11-3-4-12(13)6-11/h5,11-13,16-17H,3-4,6-9H2,1-2H3. The predicted octanol–water partition coefficient (Wildman–Crippen LogP) is 2.49. The Balaban J connectivity index is 1.65. The van der Waals surface area contributed by atoms with Gasteiger partial charge in [0.15, 0.2) is 0 Å². The lowest BCUT2D eigenvalue weighted by Crippen LogP contribution is -2.31. The summed E-state index contributed by atoms with van der Waals surface area (Å²) in [5.74, 6) is 2.16. The minimum atomic E-state index is -3.34. The molecule has 3 atom stereocenters. The van der Waals surface area contributed by atoms with Crippen molar-refractivity contribution in [3.05, 3.63) is 16.5 Å². The SMILES string of the molecule is CNCc1sc(S(=O)(=O)NCC2CC3CCC2C3)cc1C. The third-order valence-electron chi connectivity index (χ3n) is 5.02. The lowest BCUT2D eigenvalue weighted by atomic mass is 9.89. The first kappa shape index (κ1) is 15.5. The van der Waals surface area contributed by atoms with Gasteiger partial charge in [0.05, 0.1) is 0 Å². The van der Waals surface area contributed by atoms with Crippen LogP contribution in [0.2, 0.25) is 0 Å². The maximum atomic E-state index is 12.4. The molecule has 2 bridgehead atoms. The minimum absolute atomic E-state index is 0.452. The highest BCUT2D eigenvalue weighted by Gasteiger charge is 2.39. The summed E-state index contributed by atoms with van der Waals surface area (Å²) in [5, 5.41) is 3.08. The quantitative estimate of drug-likeness (QED) is 0.843. The van der Waals surface area contributed by atoms with Crippen molar-refractivity contribution in [1.82, 2.24) is 10.0 Å². The molecule has 0 radical (unpaired) electrons. The van der Waals surface area contributed by atoms with E-state index in [9.17, 15) is 8.42 Å². The molecule has 118 valence electrons. The van der Waals surface area contributed by atoms with Crippen molar-refractivity contribution in [2.45, 2.75) is 43.4 Å². The van der Waals surface area contributed by atoms with E-state index < -0.39 is 10.0 Å². The van der Waals surface area contributed by atoms with Crippen molar-refractivity contribution in [1.29, 1.82) is 0 Å². The van der Waals surface area contributed by atoms with Gasteiger partial charge in [-0.2, -0.15) is 0 Å². The van der Waals surface area contributed by atoms with E-state index in [1.54, 1.807) is 6.07 Å². The zero-order valence-electron chi connectivity index (χ0n) is 12.7. The second kappa shape index (κ2) is 5.99. The molecular formula is C15H24N2O2S2. The number of hydrogen-bond acceptors (Lipinski definition) is 4. The van der Waals surface area contributed by atoms with E-state index in [1.165, 1.54) is 37.0 Å². The Morgan fingerprint density at radius 3 is 2.76 bits per heavy atom. The number of rotatable bonds is 6. The molecule has 1 aromatic heterocycles. The lowest BCUT2D eigenvalue weighted by Gasteiger charge is -2.21. The van der Waals surface area contributed by atoms with Crippen molar-refractivity contribution >= 4 is 21.4 Å². The summed E-state index contributed by atoms with van der Waals surface area (Å²) in [6.07, 6.45) is 5.17. The second-order valence-corrected chi connectivity index (χ2v) is 9.62. The molecule has 0 amide bonds. The van der Waals surface area contributed by atoms with Crippen LogP contribution in [0, 0.1) is 24.7 Å². The topological polar surface area (TPSA) is 58.2 Å². The molecule has 1 heterocycles. The van der Waals surface area contributed by atoms with Gasteiger partial charge in [0, 0.05) is 18.0 Å². The van der Waals surface area contributed by atoms with Crippen LogP contribution in [0.25, 0.3) is 0 Å². The summed E-state index contributed by atoms with van der Waals surface area (Å²) in [7, 11) is -1.47. The third kappa shape index (κ3) is 3.18. The van der Waals surface area contributed by atoms with Crippen molar-refractivity contribution < 1.29 is 8.42 Å². The molecule has 3 rings (SSSR count). The van der Waals surface area contributed by atoms with Gasteiger partial charge in [-0.25, -0.2) is 13.1 Å². The van der Waals surface area contributed by atoms with Crippen LogP contribution in [0.1, 0.15) is 36.1 Å². The Hall–Kier alpha value is -0.430. The normalized spacial score (nSPS) is 28.4. The van der Waals surface area contributed by atoms with Crippen molar-refractivity contribution in [2.24, 2.45) is 17.8 Å². The fourth-order valence-corrected chi connectivity index (χ4v) is 6.61. The monoisotopic (exact) mass is 328 g/mol. The van der Waals surface area contributed by atoms with Crippen LogP contribution >= 0.6 is 11.3 Å². The number of hydrogen-bond donors (Lipinski definition) is 2. The van der Waals surface area contributed by atoms with Crippen LogP contribution in [0.3, 0.4) is 0 Å². The van der Waals surface area contributed by atoms with Gasteiger partial charge in [0.2, 0.25) is 10.0 Å². The summed E-state index contributed by atoms with van der Waals surface area (Å²) < 4.78 is 28.2. The molecule has 2 fully saturated rings. The van der Waals surface area contributed by atoms with Gasteiger partial charge in [-0.05, 0) is 62.6 Å². The van der Waals surface area contributed by atoms with E-state index in [0.717, 1.165) is 28.8 Å². The molecule has 0 aromatic carbocycles.